The molecule has 0 aliphatic rings. The Kier molecular flexibility index (Phi) is 4.23. The van der Waals surface area contributed by atoms with E-state index in [2.05, 4.69) is 45.0 Å². The third-order valence-electron chi connectivity index (χ3n) is 3.10. The summed E-state index contributed by atoms with van der Waals surface area (Å²) < 4.78 is 0. The van der Waals surface area contributed by atoms with Gasteiger partial charge in [-0.25, -0.2) is 4.98 Å². The lowest BCUT2D eigenvalue weighted by Crippen LogP contribution is -2.19. The number of nitrogens with zero attached hydrogens (tertiary/aromatic N) is 1. The van der Waals surface area contributed by atoms with Crippen LogP contribution in [-0.2, 0) is 18.3 Å². The minimum Gasteiger partial charge on any atom is -0.383 e. The van der Waals surface area contributed by atoms with Gasteiger partial charge < -0.3 is 5.73 Å². The number of thiazole rings is 1. The van der Waals surface area contributed by atoms with E-state index in [0.29, 0.717) is 0 Å². The molecule has 0 saturated heterocycles. The molecular formula is C16H21N3S. The van der Waals surface area contributed by atoms with Gasteiger partial charge in [0.25, 0.3) is 0 Å². The highest BCUT2D eigenvalue weighted by molar-refractivity contribution is 7.13. The molecule has 0 radical (unpaired) electrons. The van der Waals surface area contributed by atoms with Crippen molar-refractivity contribution in [1.82, 2.24) is 4.98 Å². The Morgan fingerprint density at radius 3 is 2.35 bits per heavy atom. The van der Waals surface area contributed by atoms with Crippen LogP contribution in [0.2, 0.25) is 0 Å². The SMILES string of the molecule is CC(C)(C)c1nc(CCc2ccccc2)sc1C(=N)N. The van der Waals surface area contributed by atoms with Crippen LogP contribution < -0.4 is 5.73 Å². The van der Waals surface area contributed by atoms with Gasteiger partial charge in [0, 0.05) is 11.8 Å². The van der Waals surface area contributed by atoms with Crippen LogP contribution in [0.3, 0.4) is 0 Å². The smallest absolute Gasteiger partial charge is 0.135 e. The van der Waals surface area contributed by atoms with E-state index in [1.54, 1.807) is 11.3 Å². The summed E-state index contributed by atoms with van der Waals surface area (Å²) in [4.78, 5) is 5.54. The molecule has 20 heavy (non-hydrogen) atoms. The van der Waals surface area contributed by atoms with E-state index in [9.17, 15) is 0 Å². The fourth-order valence-corrected chi connectivity index (χ4v) is 3.19. The zero-order valence-electron chi connectivity index (χ0n) is 12.2. The van der Waals surface area contributed by atoms with Crippen LogP contribution in [0.25, 0.3) is 0 Å². The standard InChI is InChI=1S/C16H21N3S/c1-16(2,3)14-13(15(17)18)20-12(19-14)10-9-11-7-5-4-6-8-11/h4-8H,9-10H2,1-3H3,(H3,17,18). The van der Waals surface area contributed by atoms with E-state index < -0.39 is 0 Å². The average molecular weight is 287 g/mol. The summed E-state index contributed by atoms with van der Waals surface area (Å²) in [7, 11) is 0. The van der Waals surface area contributed by atoms with Crippen molar-refractivity contribution in [2.75, 3.05) is 0 Å². The molecule has 0 bridgehead atoms. The van der Waals surface area contributed by atoms with Gasteiger partial charge in [-0.05, 0) is 12.0 Å². The second kappa shape index (κ2) is 5.75. The largest absolute Gasteiger partial charge is 0.383 e. The Balaban J connectivity index is 2.19. The van der Waals surface area contributed by atoms with Gasteiger partial charge in [0.2, 0.25) is 0 Å². The first-order valence-electron chi connectivity index (χ1n) is 6.76. The molecule has 1 aromatic heterocycles. The molecule has 0 aliphatic heterocycles. The van der Waals surface area contributed by atoms with Gasteiger partial charge >= 0.3 is 0 Å². The van der Waals surface area contributed by atoms with Crippen LogP contribution in [0.15, 0.2) is 30.3 Å². The van der Waals surface area contributed by atoms with E-state index in [4.69, 9.17) is 16.1 Å². The average Bonchev–Trinajstić information content (AvgIpc) is 2.82. The van der Waals surface area contributed by atoms with Crippen LogP contribution in [0.4, 0.5) is 0 Å². The Hall–Kier alpha value is -1.68. The van der Waals surface area contributed by atoms with Gasteiger partial charge in [-0.15, -0.1) is 11.3 Å². The molecule has 1 heterocycles. The summed E-state index contributed by atoms with van der Waals surface area (Å²) in [6, 6.07) is 10.4. The highest BCUT2D eigenvalue weighted by Gasteiger charge is 2.24. The van der Waals surface area contributed by atoms with Crippen molar-refractivity contribution in [2.45, 2.75) is 39.0 Å². The van der Waals surface area contributed by atoms with Crippen LogP contribution >= 0.6 is 11.3 Å². The van der Waals surface area contributed by atoms with E-state index in [0.717, 1.165) is 28.4 Å². The maximum Gasteiger partial charge on any atom is 0.135 e. The molecule has 0 saturated carbocycles. The molecule has 2 aromatic rings. The van der Waals surface area contributed by atoms with Gasteiger partial charge in [0.1, 0.15) is 5.84 Å². The summed E-state index contributed by atoms with van der Waals surface area (Å²) in [5, 5.41) is 8.77. The van der Waals surface area contributed by atoms with Gasteiger partial charge in [-0.2, -0.15) is 0 Å². The third kappa shape index (κ3) is 3.45. The number of nitrogen functional groups attached to an aromatic ring is 1. The fraction of sp³-hybridized carbons (Fsp3) is 0.375. The molecule has 106 valence electrons. The molecule has 0 amide bonds. The second-order valence-corrected chi connectivity index (χ2v) is 7.02. The number of aryl methyl sites for hydroxylation is 2. The Bertz CT molecular complexity index is 594. The second-order valence-electron chi connectivity index (χ2n) is 5.93. The number of hydrogen-bond acceptors (Lipinski definition) is 3. The van der Waals surface area contributed by atoms with E-state index in [1.807, 2.05) is 6.07 Å². The summed E-state index contributed by atoms with van der Waals surface area (Å²) in [6.45, 7) is 6.32. The highest BCUT2D eigenvalue weighted by atomic mass is 32.1. The predicted octanol–water partition coefficient (Wildman–Crippen LogP) is 3.51. The first-order valence-corrected chi connectivity index (χ1v) is 7.58. The molecule has 0 atom stereocenters. The van der Waals surface area contributed by atoms with Crippen molar-refractivity contribution in [2.24, 2.45) is 5.73 Å². The lowest BCUT2D eigenvalue weighted by Gasteiger charge is -2.16. The third-order valence-corrected chi connectivity index (χ3v) is 4.25. The van der Waals surface area contributed by atoms with Crippen molar-refractivity contribution >= 4 is 17.2 Å². The number of rotatable bonds is 4. The molecular weight excluding hydrogens is 266 g/mol. The fourth-order valence-electron chi connectivity index (χ4n) is 2.06. The highest BCUT2D eigenvalue weighted by Crippen LogP contribution is 2.29. The van der Waals surface area contributed by atoms with Crippen molar-refractivity contribution in [3.05, 3.63) is 51.5 Å². The Labute approximate surface area is 124 Å². The monoisotopic (exact) mass is 287 g/mol. The summed E-state index contributed by atoms with van der Waals surface area (Å²) in [5.74, 6) is 0.124. The van der Waals surface area contributed by atoms with Crippen molar-refractivity contribution in [1.29, 1.82) is 5.41 Å². The summed E-state index contributed by atoms with van der Waals surface area (Å²) in [6.07, 6.45) is 1.86. The zero-order chi connectivity index (χ0) is 14.8. The Morgan fingerprint density at radius 2 is 1.85 bits per heavy atom. The van der Waals surface area contributed by atoms with E-state index in [-0.39, 0.29) is 11.3 Å². The number of aromatic nitrogens is 1. The molecule has 4 heteroatoms. The number of nitrogens with two attached hydrogens (primary N) is 1. The zero-order valence-corrected chi connectivity index (χ0v) is 13.1. The minimum atomic E-state index is -0.0809. The Morgan fingerprint density at radius 1 is 1.20 bits per heavy atom. The summed E-state index contributed by atoms with van der Waals surface area (Å²) >= 11 is 1.55. The van der Waals surface area contributed by atoms with E-state index in [1.165, 1.54) is 5.56 Å². The maximum atomic E-state index is 7.71. The first kappa shape index (κ1) is 14.7. The molecule has 0 fully saturated rings. The lowest BCUT2D eigenvalue weighted by molar-refractivity contribution is 0.569. The molecule has 0 aliphatic carbocycles. The number of benzene rings is 1. The van der Waals surface area contributed by atoms with Gasteiger partial charge in [-0.1, -0.05) is 51.1 Å². The molecule has 0 spiro atoms. The molecule has 3 N–H and O–H groups in total. The van der Waals surface area contributed by atoms with Crippen LogP contribution in [0.1, 0.15) is 41.9 Å². The normalized spacial score (nSPS) is 11.6. The topological polar surface area (TPSA) is 62.8 Å². The van der Waals surface area contributed by atoms with Crippen molar-refractivity contribution < 1.29 is 0 Å². The number of hydrogen-bond donors (Lipinski definition) is 2. The number of nitrogens with one attached hydrogen (secondary N) is 1. The minimum absolute atomic E-state index is 0.0809. The van der Waals surface area contributed by atoms with Crippen LogP contribution in [-0.4, -0.2) is 10.8 Å². The first-order chi connectivity index (χ1) is 9.38. The predicted molar refractivity (Wildman–Crippen MR) is 85.7 cm³/mol. The van der Waals surface area contributed by atoms with Gasteiger partial charge in [-0.3, -0.25) is 5.41 Å². The molecule has 3 nitrogen and oxygen atoms in total. The quantitative estimate of drug-likeness (QED) is 0.667. The number of amidine groups is 1. The van der Waals surface area contributed by atoms with Crippen LogP contribution in [0.5, 0.6) is 0 Å². The molecule has 2 rings (SSSR count). The lowest BCUT2D eigenvalue weighted by atomic mass is 9.91. The van der Waals surface area contributed by atoms with Gasteiger partial charge in [0.05, 0.1) is 15.6 Å². The van der Waals surface area contributed by atoms with Crippen molar-refractivity contribution in [3.63, 3.8) is 0 Å². The summed E-state index contributed by atoms with van der Waals surface area (Å²) in [5.41, 5.74) is 7.86. The van der Waals surface area contributed by atoms with Gasteiger partial charge in [0.15, 0.2) is 0 Å². The van der Waals surface area contributed by atoms with E-state index >= 15 is 0 Å². The van der Waals surface area contributed by atoms with Crippen LogP contribution in [0, 0.1) is 5.41 Å². The van der Waals surface area contributed by atoms with Crippen molar-refractivity contribution in [3.8, 4) is 0 Å². The molecule has 0 unspecified atom stereocenters. The molecule has 1 aromatic carbocycles. The maximum absolute atomic E-state index is 7.71.